The third-order valence-electron chi connectivity index (χ3n) is 1.76. The van der Waals surface area contributed by atoms with Gasteiger partial charge in [0.1, 0.15) is 11.5 Å². The van der Waals surface area contributed by atoms with Crippen molar-refractivity contribution in [2.24, 2.45) is 0 Å². The predicted molar refractivity (Wildman–Crippen MR) is 53.4 cm³/mol. The lowest BCUT2D eigenvalue weighted by atomic mass is 10.1. The second-order valence-corrected chi connectivity index (χ2v) is 3.07. The van der Waals surface area contributed by atoms with Crippen molar-refractivity contribution in [2.45, 2.75) is 13.1 Å². The van der Waals surface area contributed by atoms with E-state index in [1.165, 1.54) is 0 Å². The molecule has 0 spiro atoms. The van der Waals surface area contributed by atoms with Crippen molar-refractivity contribution >= 4 is 7.32 Å². The van der Waals surface area contributed by atoms with Gasteiger partial charge in [0.05, 0.1) is 12.2 Å². The lowest BCUT2D eigenvalue weighted by molar-refractivity contribution is -0.137. The molecule has 0 fully saturated rings. The van der Waals surface area contributed by atoms with Crippen molar-refractivity contribution in [1.82, 2.24) is 0 Å². The summed E-state index contributed by atoms with van der Waals surface area (Å²) in [6.07, 6.45) is -4.56. The number of ether oxygens (including phenoxy) is 1. The van der Waals surface area contributed by atoms with Crippen LogP contribution in [0.2, 0.25) is 0 Å². The van der Waals surface area contributed by atoms with E-state index in [1.807, 2.05) is 0 Å². The second-order valence-electron chi connectivity index (χ2n) is 3.07. The Morgan fingerprint density at radius 1 is 1.18 bits per heavy atom. The molecular formula is C9H10BF3O4. The molecule has 0 saturated carbocycles. The topological polar surface area (TPSA) is 58.9 Å². The van der Waals surface area contributed by atoms with Crippen molar-refractivity contribution in [2.75, 3.05) is 6.61 Å². The van der Waals surface area contributed by atoms with Gasteiger partial charge in [-0.2, -0.15) is 13.2 Å². The van der Waals surface area contributed by atoms with Gasteiger partial charge in [0.15, 0.2) is 0 Å². The third-order valence-corrected chi connectivity index (χ3v) is 1.76. The number of hydrogen-bond acceptors (Lipinski definition) is 4. The van der Waals surface area contributed by atoms with Gasteiger partial charge in [-0.05, 0) is 19.1 Å². The van der Waals surface area contributed by atoms with Crippen molar-refractivity contribution in [3.05, 3.63) is 23.8 Å². The van der Waals surface area contributed by atoms with E-state index < -0.39 is 19.1 Å². The average molecular weight is 250 g/mol. The molecule has 0 aliphatic rings. The first-order valence-electron chi connectivity index (χ1n) is 4.71. The Morgan fingerprint density at radius 3 is 2.24 bits per heavy atom. The Morgan fingerprint density at radius 2 is 1.76 bits per heavy atom. The van der Waals surface area contributed by atoms with Gasteiger partial charge < -0.3 is 19.4 Å². The van der Waals surface area contributed by atoms with Crippen molar-refractivity contribution in [3.8, 4) is 11.5 Å². The normalized spacial score (nSPS) is 11.2. The SMILES string of the molecule is CCOc1cc(OB(O)O)cc(C(F)(F)F)c1. The van der Waals surface area contributed by atoms with E-state index in [9.17, 15) is 13.2 Å². The largest absolute Gasteiger partial charge is 0.707 e. The van der Waals surface area contributed by atoms with E-state index in [0.717, 1.165) is 12.1 Å². The fourth-order valence-corrected chi connectivity index (χ4v) is 1.18. The molecule has 0 bridgehead atoms. The fraction of sp³-hybridized carbons (Fsp3) is 0.333. The highest BCUT2D eigenvalue weighted by atomic mass is 19.4. The van der Waals surface area contributed by atoms with Crippen LogP contribution in [-0.4, -0.2) is 24.0 Å². The van der Waals surface area contributed by atoms with Crippen molar-refractivity contribution < 1.29 is 32.6 Å². The van der Waals surface area contributed by atoms with Crippen LogP contribution in [0.15, 0.2) is 18.2 Å². The molecular weight excluding hydrogens is 240 g/mol. The fourth-order valence-electron chi connectivity index (χ4n) is 1.18. The summed E-state index contributed by atoms with van der Waals surface area (Å²) in [7, 11) is -2.19. The van der Waals surface area contributed by atoms with Crippen LogP contribution in [-0.2, 0) is 6.18 Å². The molecule has 0 heterocycles. The van der Waals surface area contributed by atoms with Gasteiger partial charge in [-0.3, -0.25) is 0 Å². The van der Waals surface area contributed by atoms with E-state index in [0.29, 0.717) is 6.07 Å². The minimum atomic E-state index is -4.56. The molecule has 0 unspecified atom stereocenters. The summed E-state index contributed by atoms with van der Waals surface area (Å²) < 4.78 is 46.8. The van der Waals surface area contributed by atoms with Crippen LogP contribution in [0, 0.1) is 0 Å². The number of halogens is 3. The zero-order valence-electron chi connectivity index (χ0n) is 8.86. The molecule has 0 aliphatic heterocycles. The first-order valence-corrected chi connectivity index (χ1v) is 4.71. The molecule has 0 aromatic heterocycles. The molecule has 0 amide bonds. The van der Waals surface area contributed by atoms with Gasteiger partial charge in [0.25, 0.3) is 0 Å². The van der Waals surface area contributed by atoms with Crippen molar-refractivity contribution in [1.29, 1.82) is 0 Å². The Hall–Kier alpha value is -1.41. The summed E-state index contributed by atoms with van der Waals surface area (Å²) in [6, 6.07) is 2.60. The summed E-state index contributed by atoms with van der Waals surface area (Å²) >= 11 is 0. The minimum absolute atomic E-state index is 0.0574. The first kappa shape index (κ1) is 13.7. The van der Waals surface area contributed by atoms with Gasteiger partial charge in [0, 0.05) is 6.07 Å². The van der Waals surface area contributed by atoms with Crippen LogP contribution in [0.3, 0.4) is 0 Å². The monoisotopic (exact) mass is 250 g/mol. The van der Waals surface area contributed by atoms with Crippen molar-refractivity contribution in [3.63, 3.8) is 0 Å². The Kier molecular flexibility index (Phi) is 4.25. The van der Waals surface area contributed by atoms with Crippen LogP contribution < -0.4 is 9.39 Å². The van der Waals surface area contributed by atoms with Gasteiger partial charge in [0.2, 0.25) is 0 Å². The van der Waals surface area contributed by atoms with E-state index in [1.54, 1.807) is 6.92 Å². The molecule has 0 saturated heterocycles. The summed E-state index contributed by atoms with van der Waals surface area (Å²) in [5.74, 6) is -0.392. The van der Waals surface area contributed by atoms with E-state index in [2.05, 4.69) is 4.65 Å². The molecule has 4 nitrogen and oxygen atoms in total. The Bertz CT molecular complexity index is 381. The molecule has 8 heteroatoms. The van der Waals surface area contributed by atoms with Crippen LogP contribution in [0.1, 0.15) is 12.5 Å². The quantitative estimate of drug-likeness (QED) is 0.794. The molecule has 1 rings (SSSR count). The van der Waals surface area contributed by atoms with E-state index in [-0.39, 0.29) is 18.1 Å². The number of rotatable bonds is 4. The molecule has 2 N–H and O–H groups in total. The molecule has 1 aromatic carbocycles. The predicted octanol–water partition coefficient (Wildman–Crippen LogP) is 1.45. The van der Waals surface area contributed by atoms with Gasteiger partial charge >= 0.3 is 13.5 Å². The molecule has 17 heavy (non-hydrogen) atoms. The molecule has 1 aromatic rings. The van der Waals surface area contributed by atoms with Crippen LogP contribution in [0.25, 0.3) is 0 Å². The maximum Gasteiger partial charge on any atom is 0.707 e. The van der Waals surface area contributed by atoms with Crippen LogP contribution in [0.5, 0.6) is 11.5 Å². The lowest BCUT2D eigenvalue weighted by Gasteiger charge is -2.13. The average Bonchev–Trinajstić information content (AvgIpc) is 2.15. The van der Waals surface area contributed by atoms with Crippen LogP contribution >= 0.6 is 0 Å². The maximum absolute atomic E-state index is 12.5. The zero-order chi connectivity index (χ0) is 13.1. The highest BCUT2D eigenvalue weighted by Gasteiger charge is 2.32. The molecule has 0 radical (unpaired) electrons. The Balaban J connectivity index is 3.09. The molecule has 0 atom stereocenters. The smallest absolute Gasteiger partial charge is 0.512 e. The second kappa shape index (κ2) is 5.28. The first-order chi connectivity index (χ1) is 7.82. The van der Waals surface area contributed by atoms with Crippen LogP contribution in [0.4, 0.5) is 13.2 Å². The summed E-state index contributed by atoms with van der Waals surface area (Å²) in [5.41, 5.74) is -0.987. The Labute approximate surface area is 95.8 Å². The van der Waals surface area contributed by atoms with Gasteiger partial charge in [-0.1, -0.05) is 0 Å². The van der Waals surface area contributed by atoms with Gasteiger partial charge in [-0.15, -0.1) is 0 Å². The van der Waals surface area contributed by atoms with Gasteiger partial charge in [-0.25, -0.2) is 0 Å². The number of benzene rings is 1. The molecule has 0 aliphatic carbocycles. The standard InChI is InChI=1S/C9H10BF3O4/c1-2-16-7-3-6(9(11,12)13)4-8(5-7)17-10(14)15/h3-5,14-15H,2H2,1H3. The molecule has 94 valence electrons. The zero-order valence-corrected chi connectivity index (χ0v) is 8.86. The highest BCUT2D eigenvalue weighted by molar-refractivity contribution is 6.33. The van der Waals surface area contributed by atoms with E-state index >= 15 is 0 Å². The summed E-state index contributed by atoms with van der Waals surface area (Å²) in [4.78, 5) is 0. The minimum Gasteiger partial charge on any atom is -0.512 e. The summed E-state index contributed by atoms with van der Waals surface area (Å²) in [5, 5.41) is 17.1. The number of alkyl halides is 3. The highest BCUT2D eigenvalue weighted by Crippen LogP contribution is 2.34. The van der Waals surface area contributed by atoms with E-state index in [4.69, 9.17) is 14.8 Å². The lowest BCUT2D eigenvalue weighted by Crippen LogP contribution is -2.21. The summed E-state index contributed by atoms with van der Waals surface area (Å²) in [6.45, 7) is 1.80. The number of hydrogen-bond donors (Lipinski definition) is 2. The maximum atomic E-state index is 12.5. The third kappa shape index (κ3) is 4.16.